The Morgan fingerprint density at radius 3 is 2.68 bits per heavy atom. The summed E-state index contributed by atoms with van der Waals surface area (Å²) in [7, 11) is 0. The number of benzene rings is 1. The Morgan fingerprint density at radius 1 is 1.47 bits per heavy atom. The van der Waals surface area contributed by atoms with Crippen LogP contribution in [0.4, 0.5) is 0 Å². The molecule has 0 saturated heterocycles. The molecule has 2 aromatic rings. The number of carboxylic acids is 1. The van der Waals surface area contributed by atoms with Gasteiger partial charge in [-0.3, -0.25) is 0 Å². The van der Waals surface area contributed by atoms with Crippen molar-refractivity contribution < 1.29 is 9.90 Å². The molecule has 1 aliphatic carbocycles. The number of fused-ring (bicyclic) bond motifs is 1. The van der Waals surface area contributed by atoms with Crippen LogP contribution in [0.1, 0.15) is 55.3 Å². The topological polar surface area (TPSA) is 55.1 Å². The lowest BCUT2D eigenvalue weighted by molar-refractivity contribution is 0.0697. The third-order valence-electron chi connectivity index (χ3n) is 3.88. The van der Waals surface area contributed by atoms with E-state index in [1.54, 1.807) is 12.1 Å². The van der Waals surface area contributed by atoms with E-state index in [0.717, 1.165) is 16.9 Å². The highest BCUT2D eigenvalue weighted by molar-refractivity contribution is 5.92. The molecule has 0 bridgehead atoms. The maximum atomic E-state index is 11.0. The first-order chi connectivity index (χ1) is 8.99. The molecule has 0 spiro atoms. The third-order valence-corrected chi connectivity index (χ3v) is 3.88. The second-order valence-electron chi connectivity index (χ2n) is 5.78. The summed E-state index contributed by atoms with van der Waals surface area (Å²) in [6.07, 6.45) is 1.19. The van der Waals surface area contributed by atoms with Gasteiger partial charge in [-0.15, -0.1) is 0 Å². The second kappa shape index (κ2) is 4.08. The molecular formula is C15H18N2O2. The van der Waals surface area contributed by atoms with Gasteiger partial charge in [-0.1, -0.05) is 20.8 Å². The van der Waals surface area contributed by atoms with Gasteiger partial charge in [0.15, 0.2) is 0 Å². The number of hydrogen-bond donors (Lipinski definition) is 1. The highest BCUT2D eigenvalue weighted by Crippen LogP contribution is 2.46. The van der Waals surface area contributed by atoms with Gasteiger partial charge in [-0.05, 0) is 30.5 Å². The fourth-order valence-corrected chi connectivity index (χ4v) is 2.67. The van der Waals surface area contributed by atoms with Crippen LogP contribution in [0.2, 0.25) is 0 Å². The zero-order valence-corrected chi connectivity index (χ0v) is 11.4. The van der Waals surface area contributed by atoms with E-state index in [2.05, 4.69) is 30.3 Å². The van der Waals surface area contributed by atoms with Crippen LogP contribution in [-0.4, -0.2) is 20.6 Å². The third kappa shape index (κ3) is 1.91. The number of hydrogen-bond acceptors (Lipinski definition) is 2. The largest absolute Gasteiger partial charge is 0.478 e. The van der Waals surface area contributed by atoms with Crippen LogP contribution in [0.15, 0.2) is 18.2 Å². The van der Waals surface area contributed by atoms with Crippen molar-refractivity contribution in [2.75, 3.05) is 0 Å². The predicted octanol–water partition coefficient (Wildman–Crippen LogP) is 3.44. The van der Waals surface area contributed by atoms with Crippen LogP contribution < -0.4 is 0 Å². The quantitative estimate of drug-likeness (QED) is 0.917. The van der Waals surface area contributed by atoms with Crippen molar-refractivity contribution in [2.45, 2.75) is 39.2 Å². The molecule has 1 aromatic carbocycles. The average molecular weight is 258 g/mol. The minimum absolute atomic E-state index is 0.302. The standard InChI is InChI=1S/C15H18N2O2/c1-8(2)14-16-11-7-10(15(18)19)4-5-12(11)17(14)13-6-9(13)3/h4-5,7-9,13H,6H2,1-3H3,(H,18,19). The van der Waals surface area contributed by atoms with Crippen LogP contribution in [0, 0.1) is 5.92 Å². The molecule has 1 N–H and O–H groups in total. The summed E-state index contributed by atoms with van der Waals surface area (Å²) in [5.41, 5.74) is 2.15. The van der Waals surface area contributed by atoms with Crippen LogP contribution in [0.5, 0.6) is 0 Å². The summed E-state index contributed by atoms with van der Waals surface area (Å²) in [5, 5.41) is 9.06. The van der Waals surface area contributed by atoms with E-state index < -0.39 is 5.97 Å². The second-order valence-corrected chi connectivity index (χ2v) is 5.78. The van der Waals surface area contributed by atoms with Crippen molar-refractivity contribution in [3.05, 3.63) is 29.6 Å². The molecule has 1 aliphatic rings. The number of imidazole rings is 1. The van der Waals surface area contributed by atoms with E-state index in [1.807, 2.05) is 6.07 Å². The number of carboxylic acid groups (broad SMARTS) is 1. The minimum atomic E-state index is -0.901. The Morgan fingerprint density at radius 2 is 2.16 bits per heavy atom. The molecule has 1 heterocycles. The number of nitrogens with zero attached hydrogens (tertiary/aromatic N) is 2. The molecule has 0 aliphatic heterocycles. The molecular weight excluding hydrogens is 240 g/mol. The lowest BCUT2D eigenvalue weighted by Crippen LogP contribution is -2.04. The van der Waals surface area contributed by atoms with Crippen molar-refractivity contribution in [3.8, 4) is 0 Å². The summed E-state index contributed by atoms with van der Waals surface area (Å²) in [4.78, 5) is 15.7. The van der Waals surface area contributed by atoms with E-state index in [9.17, 15) is 4.79 Å². The summed E-state index contributed by atoms with van der Waals surface area (Å²) < 4.78 is 2.30. The van der Waals surface area contributed by atoms with Gasteiger partial charge in [0.2, 0.25) is 0 Å². The number of rotatable bonds is 3. The Balaban J connectivity index is 2.21. The molecule has 0 amide bonds. The van der Waals surface area contributed by atoms with Crippen LogP contribution in [0.25, 0.3) is 11.0 Å². The summed E-state index contributed by atoms with van der Waals surface area (Å²) in [6, 6.07) is 5.76. The molecule has 1 fully saturated rings. The van der Waals surface area contributed by atoms with Gasteiger partial charge < -0.3 is 9.67 Å². The van der Waals surface area contributed by atoms with Gasteiger partial charge in [-0.25, -0.2) is 9.78 Å². The van der Waals surface area contributed by atoms with Gasteiger partial charge in [0.05, 0.1) is 16.6 Å². The Bertz CT molecular complexity index is 657. The van der Waals surface area contributed by atoms with Gasteiger partial charge in [-0.2, -0.15) is 0 Å². The van der Waals surface area contributed by atoms with Gasteiger partial charge in [0.25, 0.3) is 0 Å². The van der Waals surface area contributed by atoms with Gasteiger partial charge in [0, 0.05) is 12.0 Å². The monoisotopic (exact) mass is 258 g/mol. The molecule has 19 heavy (non-hydrogen) atoms. The highest BCUT2D eigenvalue weighted by atomic mass is 16.4. The maximum absolute atomic E-state index is 11.0. The Hall–Kier alpha value is -1.84. The summed E-state index contributed by atoms with van der Waals surface area (Å²) >= 11 is 0. The molecule has 2 unspecified atom stereocenters. The van der Waals surface area contributed by atoms with Crippen LogP contribution in [0.3, 0.4) is 0 Å². The lowest BCUT2D eigenvalue weighted by Gasteiger charge is -2.10. The predicted molar refractivity (Wildman–Crippen MR) is 73.6 cm³/mol. The molecule has 1 saturated carbocycles. The molecule has 3 rings (SSSR count). The molecule has 100 valence electrons. The summed E-state index contributed by atoms with van der Waals surface area (Å²) in [5.74, 6) is 1.19. The summed E-state index contributed by atoms with van der Waals surface area (Å²) in [6.45, 7) is 6.50. The lowest BCUT2D eigenvalue weighted by atomic mass is 10.2. The molecule has 2 atom stereocenters. The van der Waals surface area contributed by atoms with E-state index in [0.29, 0.717) is 23.4 Å². The molecule has 0 radical (unpaired) electrons. The zero-order valence-electron chi connectivity index (χ0n) is 11.4. The highest BCUT2D eigenvalue weighted by Gasteiger charge is 2.37. The Labute approximate surface area is 112 Å². The van der Waals surface area contributed by atoms with Crippen molar-refractivity contribution in [3.63, 3.8) is 0 Å². The first kappa shape index (κ1) is 12.2. The molecule has 4 heteroatoms. The van der Waals surface area contributed by atoms with E-state index >= 15 is 0 Å². The zero-order chi connectivity index (χ0) is 13.7. The van der Waals surface area contributed by atoms with E-state index in [1.165, 1.54) is 6.42 Å². The van der Waals surface area contributed by atoms with Crippen LogP contribution >= 0.6 is 0 Å². The smallest absolute Gasteiger partial charge is 0.335 e. The van der Waals surface area contributed by atoms with Crippen molar-refractivity contribution in [2.24, 2.45) is 5.92 Å². The van der Waals surface area contributed by atoms with Crippen LogP contribution in [-0.2, 0) is 0 Å². The first-order valence-corrected chi connectivity index (χ1v) is 6.74. The van der Waals surface area contributed by atoms with Crippen molar-refractivity contribution >= 4 is 17.0 Å². The number of carbonyl (C=O) groups is 1. The minimum Gasteiger partial charge on any atom is -0.478 e. The fraction of sp³-hybridized carbons (Fsp3) is 0.467. The average Bonchev–Trinajstić information content (AvgIpc) is 2.94. The Kier molecular flexibility index (Phi) is 2.62. The maximum Gasteiger partial charge on any atom is 0.335 e. The van der Waals surface area contributed by atoms with E-state index in [4.69, 9.17) is 5.11 Å². The SMILES string of the molecule is CC(C)c1nc2cc(C(=O)O)ccc2n1C1CC1C. The fourth-order valence-electron chi connectivity index (χ4n) is 2.67. The molecule has 4 nitrogen and oxygen atoms in total. The van der Waals surface area contributed by atoms with Crippen molar-refractivity contribution in [1.82, 2.24) is 9.55 Å². The number of aromatic carboxylic acids is 1. The first-order valence-electron chi connectivity index (χ1n) is 6.74. The normalized spacial score (nSPS) is 22.1. The molecule has 1 aromatic heterocycles. The van der Waals surface area contributed by atoms with Gasteiger partial charge >= 0.3 is 5.97 Å². The van der Waals surface area contributed by atoms with E-state index in [-0.39, 0.29) is 0 Å². The van der Waals surface area contributed by atoms with Crippen molar-refractivity contribution in [1.29, 1.82) is 0 Å². The number of aromatic nitrogens is 2. The van der Waals surface area contributed by atoms with Gasteiger partial charge in [0.1, 0.15) is 5.82 Å².